The molecule has 0 amide bonds. The van der Waals surface area contributed by atoms with E-state index < -0.39 is 6.36 Å². The molecule has 10 heteroatoms. The Kier molecular flexibility index (Phi) is 7.55. The van der Waals surface area contributed by atoms with Crippen LogP contribution in [0.15, 0.2) is 84.0 Å². The molecule has 3 aromatic rings. The highest BCUT2D eigenvalue weighted by molar-refractivity contribution is 5.84. The van der Waals surface area contributed by atoms with Crippen LogP contribution in [0.2, 0.25) is 0 Å². The smallest absolute Gasteiger partial charge is 0.406 e. The van der Waals surface area contributed by atoms with Gasteiger partial charge in [0.2, 0.25) is 0 Å². The number of para-hydroxylation sites is 2. The number of benzene rings is 3. The first-order valence-corrected chi connectivity index (χ1v) is 13.8. The van der Waals surface area contributed by atoms with E-state index in [1.807, 2.05) is 60.0 Å². The summed E-state index contributed by atoms with van der Waals surface area (Å²) in [5.74, 6) is -0.282. The zero-order valence-electron chi connectivity index (χ0n) is 23.2. The third kappa shape index (κ3) is 5.94. The Morgan fingerprint density at radius 3 is 2.40 bits per heavy atom. The van der Waals surface area contributed by atoms with Crippen LogP contribution in [0.4, 0.5) is 24.5 Å². The molecule has 0 saturated heterocycles. The second kappa shape index (κ2) is 11.4. The number of anilines is 2. The van der Waals surface area contributed by atoms with Crippen LogP contribution in [0.25, 0.3) is 28.1 Å². The molecular weight excluding hydrogens is 543 g/mol. The lowest BCUT2D eigenvalue weighted by molar-refractivity contribution is -0.274. The average Bonchev–Trinajstić information content (AvgIpc) is 2.98. The summed E-state index contributed by atoms with van der Waals surface area (Å²) in [5.41, 5.74) is 6.22. The fraction of sp³-hybridized carbons (Fsp3) is 0.281. The van der Waals surface area contributed by atoms with Gasteiger partial charge < -0.3 is 19.4 Å². The molecule has 1 N–H and O–H groups in total. The fourth-order valence-corrected chi connectivity index (χ4v) is 5.49. The van der Waals surface area contributed by atoms with Gasteiger partial charge in [0.05, 0.1) is 57.0 Å². The van der Waals surface area contributed by atoms with Gasteiger partial charge in [-0.1, -0.05) is 12.1 Å². The van der Waals surface area contributed by atoms with E-state index in [2.05, 4.69) is 15.0 Å². The van der Waals surface area contributed by atoms with Gasteiger partial charge in [-0.05, 0) is 93.3 Å². The number of nitrogens with zero attached hydrogens (tertiary/aromatic N) is 4. The summed E-state index contributed by atoms with van der Waals surface area (Å²) >= 11 is 0. The molecule has 1 fully saturated rings. The van der Waals surface area contributed by atoms with Crippen molar-refractivity contribution in [2.45, 2.75) is 51.1 Å². The number of alkyl halides is 3. The molecule has 2 aliphatic carbocycles. The number of methoxy groups -OCH3 is 1. The molecule has 0 radical (unpaired) electrons. The number of hydrogen-bond donors (Lipinski definition) is 1. The van der Waals surface area contributed by atoms with Crippen LogP contribution in [0, 0.1) is 6.92 Å². The van der Waals surface area contributed by atoms with Crippen molar-refractivity contribution in [3.05, 3.63) is 90.0 Å². The maximum absolute atomic E-state index is 12.8. The second-order valence-electron chi connectivity index (χ2n) is 10.4. The van der Waals surface area contributed by atoms with E-state index in [4.69, 9.17) is 14.7 Å². The number of ether oxygens (including phenoxy) is 2. The lowest BCUT2D eigenvalue weighted by atomic mass is 9.93. The molecule has 1 saturated carbocycles. The summed E-state index contributed by atoms with van der Waals surface area (Å²) in [5, 5.41) is 4.30. The normalized spacial score (nSPS) is 18.0. The van der Waals surface area contributed by atoms with Gasteiger partial charge in [0.15, 0.2) is 0 Å². The predicted octanol–water partition coefficient (Wildman–Crippen LogP) is 7.33. The van der Waals surface area contributed by atoms with E-state index in [-0.39, 0.29) is 17.9 Å². The molecule has 1 aromatic heterocycles. The predicted molar refractivity (Wildman–Crippen MR) is 155 cm³/mol. The van der Waals surface area contributed by atoms with Crippen LogP contribution >= 0.6 is 0 Å². The van der Waals surface area contributed by atoms with Crippen molar-refractivity contribution in [1.82, 2.24) is 14.5 Å². The Bertz CT molecular complexity index is 1740. The van der Waals surface area contributed by atoms with Gasteiger partial charge in [0.25, 0.3) is 0 Å². The Labute approximate surface area is 241 Å². The van der Waals surface area contributed by atoms with Gasteiger partial charge in [-0.15, -0.1) is 13.2 Å². The standard InChI is InChI=1S/C32H30F3N5O2/c1-20-25(7-5-17-36-20)38-27-18-29-31(19-28(27)37-21-9-13-23(41-2)14-10-21)40(30-8-4-3-6-26(30)39-29)22-11-15-24(16-12-22)42-32(33,34)35/h3-8,11-12,15-19,21,23,38H,9-10,13-14H2,1-2H3/b37-28+. The Morgan fingerprint density at radius 2 is 1.69 bits per heavy atom. The molecule has 6 rings (SSSR count). The molecular formula is C32H30F3N5O2. The Hall–Kier alpha value is -4.44. The number of hydrogen-bond acceptors (Lipinski definition) is 6. The van der Waals surface area contributed by atoms with Gasteiger partial charge >= 0.3 is 6.36 Å². The van der Waals surface area contributed by atoms with Crippen LogP contribution in [0.5, 0.6) is 5.75 Å². The fourth-order valence-electron chi connectivity index (χ4n) is 5.49. The van der Waals surface area contributed by atoms with Crippen molar-refractivity contribution in [1.29, 1.82) is 0 Å². The largest absolute Gasteiger partial charge is 0.573 e. The van der Waals surface area contributed by atoms with E-state index in [1.165, 1.54) is 12.1 Å². The molecule has 0 atom stereocenters. The third-order valence-electron chi connectivity index (χ3n) is 7.60. The third-order valence-corrected chi connectivity index (χ3v) is 7.60. The second-order valence-corrected chi connectivity index (χ2v) is 10.4. The number of nitrogens with one attached hydrogen (secondary N) is 1. The lowest BCUT2D eigenvalue weighted by Crippen LogP contribution is -2.25. The number of halogens is 3. The van der Waals surface area contributed by atoms with Gasteiger partial charge in [-0.25, -0.2) is 4.98 Å². The first-order valence-electron chi connectivity index (χ1n) is 13.8. The van der Waals surface area contributed by atoms with Crippen molar-refractivity contribution in [3.63, 3.8) is 0 Å². The number of aryl methyl sites for hydroxylation is 1. The molecule has 0 unspecified atom stereocenters. The number of aromatic nitrogens is 3. The zero-order valence-corrected chi connectivity index (χ0v) is 23.2. The highest BCUT2D eigenvalue weighted by atomic mass is 19.4. The van der Waals surface area contributed by atoms with Crippen LogP contribution in [0.1, 0.15) is 31.4 Å². The Morgan fingerprint density at radius 1 is 0.929 bits per heavy atom. The van der Waals surface area contributed by atoms with Crippen molar-refractivity contribution >= 4 is 22.4 Å². The monoisotopic (exact) mass is 573 g/mol. The SMILES string of the molecule is COC1CCC(/N=c2\cc3n(-c4ccc(OC(F)(F)F)cc4)c4ccccc4nc-3cc2Nc2cccnc2C)CC1. The molecule has 7 nitrogen and oxygen atoms in total. The first-order chi connectivity index (χ1) is 20.3. The topological polar surface area (TPSA) is 73.6 Å². The first kappa shape index (κ1) is 27.7. The van der Waals surface area contributed by atoms with Gasteiger partial charge in [-0.3, -0.25) is 9.98 Å². The molecule has 42 heavy (non-hydrogen) atoms. The van der Waals surface area contributed by atoms with E-state index in [0.717, 1.165) is 64.8 Å². The van der Waals surface area contributed by atoms with E-state index in [9.17, 15) is 13.2 Å². The van der Waals surface area contributed by atoms with Crippen molar-refractivity contribution in [2.24, 2.45) is 4.99 Å². The molecule has 3 aliphatic rings. The Balaban J connectivity index is 1.54. The summed E-state index contributed by atoms with van der Waals surface area (Å²) in [4.78, 5) is 14.6. The van der Waals surface area contributed by atoms with E-state index in [1.54, 1.807) is 25.4 Å². The number of pyridine rings is 1. The molecule has 0 spiro atoms. The molecule has 216 valence electrons. The molecule has 2 heterocycles. The summed E-state index contributed by atoms with van der Waals surface area (Å²) < 4.78 is 50.1. The summed E-state index contributed by atoms with van der Waals surface area (Å²) in [7, 11) is 1.75. The van der Waals surface area contributed by atoms with Gasteiger partial charge in [-0.2, -0.15) is 0 Å². The van der Waals surface area contributed by atoms with Gasteiger partial charge in [0.1, 0.15) is 5.75 Å². The van der Waals surface area contributed by atoms with E-state index in [0.29, 0.717) is 11.4 Å². The van der Waals surface area contributed by atoms with E-state index >= 15 is 0 Å². The maximum Gasteiger partial charge on any atom is 0.573 e. The van der Waals surface area contributed by atoms with Crippen molar-refractivity contribution < 1.29 is 22.6 Å². The van der Waals surface area contributed by atoms with Crippen molar-refractivity contribution in [2.75, 3.05) is 12.4 Å². The van der Waals surface area contributed by atoms with Crippen LogP contribution in [0.3, 0.4) is 0 Å². The van der Waals surface area contributed by atoms with Crippen LogP contribution in [-0.2, 0) is 4.74 Å². The zero-order chi connectivity index (χ0) is 29.3. The molecule has 1 aliphatic heterocycles. The lowest BCUT2D eigenvalue weighted by Gasteiger charge is -2.25. The minimum absolute atomic E-state index is 0.130. The maximum atomic E-state index is 12.8. The summed E-state index contributed by atoms with van der Waals surface area (Å²) in [6.45, 7) is 1.94. The highest BCUT2D eigenvalue weighted by Gasteiger charge is 2.31. The van der Waals surface area contributed by atoms with Gasteiger partial charge in [0, 0.05) is 19.0 Å². The van der Waals surface area contributed by atoms with Crippen LogP contribution in [-0.4, -0.2) is 40.2 Å². The molecule has 2 aromatic carbocycles. The number of rotatable bonds is 6. The minimum atomic E-state index is -4.76. The van der Waals surface area contributed by atoms with Crippen molar-refractivity contribution in [3.8, 4) is 22.8 Å². The quantitative estimate of drug-likeness (QED) is 0.215. The summed E-state index contributed by atoms with van der Waals surface area (Å²) in [6, 6.07) is 21.5. The molecule has 0 bridgehead atoms. The summed E-state index contributed by atoms with van der Waals surface area (Å²) in [6.07, 6.45) is 0.965. The minimum Gasteiger partial charge on any atom is -0.406 e. The van der Waals surface area contributed by atoms with Crippen LogP contribution < -0.4 is 15.4 Å². The highest BCUT2D eigenvalue weighted by Crippen LogP contribution is 2.32. The average molecular weight is 574 g/mol. The number of fused-ring (bicyclic) bond motifs is 2.